The molecular weight excluding hydrogens is 484 g/mol. The van der Waals surface area contributed by atoms with Crippen molar-refractivity contribution in [1.82, 2.24) is 19.2 Å². The van der Waals surface area contributed by atoms with Gasteiger partial charge in [0, 0.05) is 35.2 Å². The Kier molecular flexibility index (Phi) is 6.62. The maximum absolute atomic E-state index is 12.4. The van der Waals surface area contributed by atoms with Gasteiger partial charge in [0.2, 0.25) is 0 Å². The number of aryl methyl sites for hydroxylation is 1. The summed E-state index contributed by atoms with van der Waals surface area (Å²) in [5.41, 5.74) is 9.46. The molecule has 0 aliphatic carbocycles. The molecule has 3 heterocycles. The van der Waals surface area contributed by atoms with E-state index in [1.165, 1.54) is 6.20 Å². The van der Waals surface area contributed by atoms with Crippen LogP contribution in [0.5, 0.6) is 0 Å². The Morgan fingerprint density at radius 3 is 2.67 bits per heavy atom. The van der Waals surface area contributed by atoms with E-state index in [-0.39, 0.29) is 17.9 Å². The van der Waals surface area contributed by atoms with Crippen LogP contribution in [0.3, 0.4) is 0 Å². The minimum absolute atomic E-state index is 0.00795. The van der Waals surface area contributed by atoms with E-state index in [0.717, 1.165) is 29.1 Å². The molecule has 0 fully saturated rings. The summed E-state index contributed by atoms with van der Waals surface area (Å²) >= 11 is 0. The summed E-state index contributed by atoms with van der Waals surface area (Å²) in [6, 6.07) is 8.92. The van der Waals surface area contributed by atoms with Gasteiger partial charge < -0.3 is 16.4 Å². The number of hydrogen-bond donors (Lipinski definition) is 3. The van der Waals surface area contributed by atoms with Crippen molar-refractivity contribution in [3.05, 3.63) is 60.8 Å². The van der Waals surface area contributed by atoms with Gasteiger partial charge in [0.05, 0.1) is 36.3 Å². The number of hydrogen-bond acceptors (Lipinski definition) is 9. The SMILES string of the molecule is Cc1ccncc1-c1cc(N)c2cnc(NC(=O)C(=O)Nc3cnn(S(=O)(=O)CCC#N)c3)cc2c1. The molecule has 0 aliphatic heterocycles. The number of fused-ring (bicyclic) bond motifs is 1. The molecule has 4 aromatic rings. The fourth-order valence-corrected chi connectivity index (χ4v) is 4.43. The van der Waals surface area contributed by atoms with Gasteiger partial charge in [0.25, 0.3) is 10.0 Å². The van der Waals surface area contributed by atoms with Crippen LogP contribution in [0.1, 0.15) is 12.0 Å². The highest BCUT2D eigenvalue weighted by atomic mass is 32.2. The minimum Gasteiger partial charge on any atom is -0.398 e. The van der Waals surface area contributed by atoms with E-state index in [4.69, 9.17) is 11.0 Å². The zero-order chi connectivity index (χ0) is 25.9. The molecule has 12 nitrogen and oxygen atoms in total. The zero-order valence-corrected chi connectivity index (χ0v) is 19.8. The summed E-state index contributed by atoms with van der Waals surface area (Å²) in [7, 11) is -3.85. The van der Waals surface area contributed by atoms with E-state index < -0.39 is 27.6 Å². The van der Waals surface area contributed by atoms with Crippen LogP contribution in [0.4, 0.5) is 17.2 Å². The molecule has 2 amide bonds. The van der Waals surface area contributed by atoms with E-state index in [2.05, 4.69) is 25.7 Å². The van der Waals surface area contributed by atoms with Crippen LogP contribution >= 0.6 is 0 Å². The van der Waals surface area contributed by atoms with Crippen molar-refractivity contribution in [1.29, 1.82) is 5.26 Å². The summed E-state index contributed by atoms with van der Waals surface area (Å²) in [5.74, 6) is -2.38. The molecule has 13 heteroatoms. The van der Waals surface area contributed by atoms with E-state index in [1.807, 2.05) is 25.1 Å². The first-order valence-corrected chi connectivity index (χ1v) is 12.2. The normalized spacial score (nSPS) is 11.1. The summed E-state index contributed by atoms with van der Waals surface area (Å²) in [4.78, 5) is 33.1. The molecule has 36 heavy (non-hydrogen) atoms. The monoisotopic (exact) mass is 504 g/mol. The number of amides is 2. The first kappa shape index (κ1) is 24.3. The van der Waals surface area contributed by atoms with E-state index in [0.29, 0.717) is 20.5 Å². The maximum atomic E-state index is 12.4. The van der Waals surface area contributed by atoms with Gasteiger partial charge in [-0.15, -0.1) is 0 Å². The fraction of sp³-hybridized carbons (Fsp3) is 0.130. The van der Waals surface area contributed by atoms with Gasteiger partial charge in [0.15, 0.2) is 0 Å². The molecule has 0 bridgehead atoms. The van der Waals surface area contributed by atoms with Crippen molar-refractivity contribution in [2.75, 3.05) is 22.1 Å². The second kappa shape index (κ2) is 9.80. The Bertz CT molecular complexity index is 1640. The Labute approximate surface area is 205 Å². The second-order valence-electron chi connectivity index (χ2n) is 7.78. The van der Waals surface area contributed by atoms with Gasteiger partial charge >= 0.3 is 11.8 Å². The number of anilines is 3. The number of nitrogen functional groups attached to an aromatic ring is 1. The van der Waals surface area contributed by atoms with Gasteiger partial charge in [-0.2, -0.15) is 14.4 Å². The van der Waals surface area contributed by atoms with Gasteiger partial charge in [-0.3, -0.25) is 14.6 Å². The predicted molar refractivity (Wildman–Crippen MR) is 133 cm³/mol. The molecule has 1 aromatic carbocycles. The van der Waals surface area contributed by atoms with Crippen molar-refractivity contribution in [3.8, 4) is 17.2 Å². The van der Waals surface area contributed by atoms with E-state index in [9.17, 15) is 18.0 Å². The molecule has 4 rings (SSSR count). The van der Waals surface area contributed by atoms with E-state index >= 15 is 0 Å². The third kappa shape index (κ3) is 5.13. The molecule has 0 spiro atoms. The van der Waals surface area contributed by atoms with Gasteiger partial charge in [0.1, 0.15) is 5.82 Å². The quantitative estimate of drug-likeness (QED) is 0.261. The average molecular weight is 505 g/mol. The number of nitrogens with zero attached hydrogens (tertiary/aromatic N) is 5. The molecule has 0 aliphatic rings. The highest BCUT2D eigenvalue weighted by Gasteiger charge is 2.19. The number of carbonyl (C=O) groups excluding carboxylic acids is 2. The molecule has 0 atom stereocenters. The van der Waals surface area contributed by atoms with Crippen LogP contribution in [-0.4, -0.2) is 45.1 Å². The van der Waals surface area contributed by atoms with Gasteiger partial charge in [-0.25, -0.2) is 13.4 Å². The van der Waals surface area contributed by atoms with Crippen molar-refractivity contribution < 1.29 is 18.0 Å². The fourth-order valence-electron chi connectivity index (χ4n) is 3.43. The highest BCUT2D eigenvalue weighted by molar-refractivity contribution is 7.89. The number of benzene rings is 1. The number of rotatable bonds is 6. The largest absolute Gasteiger partial charge is 0.398 e. The summed E-state index contributed by atoms with van der Waals surface area (Å²) in [5, 5.41) is 18.3. The smallest absolute Gasteiger partial charge is 0.315 e. The highest BCUT2D eigenvalue weighted by Crippen LogP contribution is 2.31. The molecular formula is C23H20N8O4S. The van der Waals surface area contributed by atoms with Crippen LogP contribution in [0, 0.1) is 18.3 Å². The predicted octanol–water partition coefficient (Wildman–Crippen LogP) is 2.05. The van der Waals surface area contributed by atoms with Crippen LogP contribution in [0.2, 0.25) is 0 Å². The van der Waals surface area contributed by atoms with Crippen LogP contribution in [-0.2, 0) is 19.6 Å². The first-order valence-electron chi connectivity index (χ1n) is 10.6. The van der Waals surface area contributed by atoms with Gasteiger partial charge in [-0.1, -0.05) is 0 Å². The lowest BCUT2D eigenvalue weighted by Crippen LogP contribution is -2.29. The Morgan fingerprint density at radius 1 is 1.14 bits per heavy atom. The lowest BCUT2D eigenvalue weighted by molar-refractivity contribution is -0.133. The number of nitrogens with one attached hydrogen (secondary N) is 2. The molecule has 3 aromatic heterocycles. The third-order valence-corrected chi connectivity index (χ3v) is 6.73. The van der Waals surface area contributed by atoms with Gasteiger partial charge in [-0.05, 0) is 47.7 Å². The number of nitriles is 1. The van der Waals surface area contributed by atoms with Crippen molar-refractivity contribution in [2.24, 2.45) is 0 Å². The zero-order valence-electron chi connectivity index (χ0n) is 19.0. The summed E-state index contributed by atoms with van der Waals surface area (Å²) in [6.07, 6.45) is 6.84. The molecule has 0 unspecified atom stereocenters. The lowest BCUT2D eigenvalue weighted by Gasteiger charge is -2.11. The summed E-state index contributed by atoms with van der Waals surface area (Å²) < 4.78 is 24.8. The molecule has 4 N–H and O–H groups in total. The number of pyridine rings is 2. The summed E-state index contributed by atoms with van der Waals surface area (Å²) in [6.45, 7) is 1.96. The Balaban J connectivity index is 1.50. The molecule has 0 saturated heterocycles. The number of aromatic nitrogens is 4. The van der Waals surface area contributed by atoms with Crippen LogP contribution in [0.25, 0.3) is 21.9 Å². The topological polar surface area (TPSA) is 186 Å². The van der Waals surface area contributed by atoms with Crippen molar-refractivity contribution >= 4 is 49.8 Å². The van der Waals surface area contributed by atoms with Crippen molar-refractivity contribution in [2.45, 2.75) is 13.3 Å². The Hall–Kier alpha value is -4.83. The van der Waals surface area contributed by atoms with Crippen molar-refractivity contribution in [3.63, 3.8) is 0 Å². The molecule has 182 valence electrons. The standard InChI is InChI=1S/C23H20N8O4S/c1-14-3-5-26-11-18(14)15-7-16-9-21(27-12-19(16)20(25)8-15)30-23(33)22(32)29-17-10-28-31(13-17)36(34,35)6-2-4-24/h3,5,7-13H,2,6,25H2,1H3,(H,29,32)(H,27,30,33). The second-order valence-corrected chi connectivity index (χ2v) is 9.73. The third-order valence-electron chi connectivity index (χ3n) is 5.24. The minimum atomic E-state index is -3.85. The number of carbonyl (C=O) groups is 2. The van der Waals surface area contributed by atoms with E-state index in [1.54, 1.807) is 24.5 Å². The molecule has 0 saturated carbocycles. The lowest BCUT2D eigenvalue weighted by atomic mass is 9.99. The molecule has 0 radical (unpaired) electrons. The van der Waals surface area contributed by atoms with Crippen LogP contribution < -0.4 is 16.4 Å². The maximum Gasteiger partial charge on any atom is 0.315 e. The average Bonchev–Trinajstić information content (AvgIpc) is 3.32. The van der Waals surface area contributed by atoms with Crippen LogP contribution in [0.15, 0.2) is 55.2 Å². The first-order chi connectivity index (χ1) is 17.2. The number of nitrogens with two attached hydrogens (primary N) is 1. The Morgan fingerprint density at radius 2 is 1.92 bits per heavy atom.